The molecule has 4 aromatic carbocycles. The molecular weight excluding hydrogens is 314 g/mol. The Morgan fingerprint density at radius 1 is 0.692 bits per heavy atom. The third-order valence-corrected chi connectivity index (χ3v) is 4.74. The summed E-state index contributed by atoms with van der Waals surface area (Å²) in [7, 11) is 0. The molecule has 0 saturated carbocycles. The van der Waals surface area contributed by atoms with Crippen LogP contribution in [0.1, 0.15) is 6.92 Å². The molecule has 0 atom stereocenters. The first-order valence-corrected chi connectivity index (χ1v) is 8.87. The summed E-state index contributed by atoms with van der Waals surface area (Å²) >= 11 is 0. The lowest BCUT2D eigenvalue weighted by Gasteiger charge is -2.11. The van der Waals surface area contributed by atoms with Crippen LogP contribution >= 0.6 is 0 Å². The first-order valence-electron chi connectivity index (χ1n) is 8.87. The first kappa shape index (κ1) is 16.2. The van der Waals surface area contributed by atoms with Gasteiger partial charge >= 0.3 is 0 Å². The van der Waals surface area contributed by atoms with E-state index in [-0.39, 0.29) is 0 Å². The quantitative estimate of drug-likeness (QED) is 0.487. The van der Waals surface area contributed by atoms with Crippen molar-refractivity contribution in [2.45, 2.75) is 6.92 Å². The predicted octanol–water partition coefficient (Wildman–Crippen LogP) is 5.50. The Hall–Kier alpha value is -3.32. The number of allylic oxidation sites excluding steroid dienone is 1. The highest BCUT2D eigenvalue weighted by Gasteiger charge is 2.06. The average Bonchev–Trinajstić information content (AvgIpc) is 2.69. The number of hydrogen-bond acceptors (Lipinski definition) is 1. The monoisotopic (exact) mass is 335 g/mol. The highest BCUT2D eigenvalue weighted by molar-refractivity contribution is 6.09. The molecule has 0 spiro atoms. The minimum absolute atomic E-state index is 1.09. The summed E-state index contributed by atoms with van der Waals surface area (Å²) in [6.07, 6.45) is 6.16. The van der Waals surface area contributed by atoms with Gasteiger partial charge in [-0.2, -0.15) is 0 Å². The van der Waals surface area contributed by atoms with Crippen molar-refractivity contribution in [2.24, 2.45) is 0 Å². The summed E-state index contributed by atoms with van der Waals surface area (Å²) in [6, 6.07) is 25.5. The van der Waals surface area contributed by atoms with Gasteiger partial charge in [0.1, 0.15) is 0 Å². The molecule has 4 aromatic rings. The van der Waals surface area contributed by atoms with Crippen LogP contribution in [0.25, 0.3) is 33.7 Å². The van der Waals surface area contributed by atoms with Crippen molar-refractivity contribution in [2.75, 3.05) is 5.32 Å². The lowest BCUT2D eigenvalue weighted by atomic mass is 9.96. The van der Waals surface area contributed by atoms with Gasteiger partial charge in [0.2, 0.25) is 0 Å². The van der Waals surface area contributed by atoms with Crippen LogP contribution < -0.4 is 15.8 Å². The predicted molar refractivity (Wildman–Crippen MR) is 115 cm³/mol. The number of para-hydroxylation sites is 1. The van der Waals surface area contributed by atoms with Gasteiger partial charge in [0.25, 0.3) is 0 Å². The molecule has 26 heavy (non-hydrogen) atoms. The SMILES string of the molecule is C=C/C=c1\c(=C/C)c2cc(Nc3ccccc3)ccc2c2ccccc12. The molecule has 0 aromatic heterocycles. The van der Waals surface area contributed by atoms with Crippen LogP contribution in [0.2, 0.25) is 0 Å². The molecule has 0 saturated heterocycles. The van der Waals surface area contributed by atoms with Crippen LogP contribution in [0.3, 0.4) is 0 Å². The molecule has 126 valence electrons. The van der Waals surface area contributed by atoms with E-state index in [1.807, 2.05) is 24.3 Å². The van der Waals surface area contributed by atoms with Gasteiger partial charge in [-0.3, -0.25) is 0 Å². The fourth-order valence-corrected chi connectivity index (χ4v) is 3.62. The van der Waals surface area contributed by atoms with Crippen molar-refractivity contribution >= 4 is 45.1 Å². The Bertz CT molecular complexity index is 1220. The molecule has 0 fully saturated rings. The van der Waals surface area contributed by atoms with E-state index in [4.69, 9.17) is 0 Å². The van der Waals surface area contributed by atoms with Gasteiger partial charge in [-0.1, -0.05) is 73.3 Å². The van der Waals surface area contributed by atoms with Gasteiger partial charge in [0.05, 0.1) is 0 Å². The van der Waals surface area contributed by atoms with Gasteiger partial charge in [0, 0.05) is 11.4 Å². The molecule has 0 aliphatic carbocycles. The van der Waals surface area contributed by atoms with E-state index in [0.717, 1.165) is 11.4 Å². The maximum absolute atomic E-state index is 3.91. The second kappa shape index (κ2) is 6.89. The topological polar surface area (TPSA) is 12.0 Å². The van der Waals surface area contributed by atoms with E-state index >= 15 is 0 Å². The Kier molecular flexibility index (Phi) is 4.28. The van der Waals surface area contributed by atoms with Crippen LogP contribution in [0, 0.1) is 0 Å². The van der Waals surface area contributed by atoms with E-state index in [1.165, 1.54) is 32.0 Å². The summed E-state index contributed by atoms with van der Waals surface area (Å²) in [4.78, 5) is 0. The third kappa shape index (κ3) is 2.78. The van der Waals surface area contributed by atoms with Crippen LogP contribution in [0.4, 0.5) is 11.4 Å². The molecule has 1 nitrogen and oxygen atoms in total. The smallest absolute Gasteiger partial charge is 0.0390 e. The minimum atomic E-state index is 1.09. The molecule has 0 heterocycles. The molecule has 0 unspecified atom stereocenters. The van der Waals surface area contributed by atoms with E-state index in [0.29, 0.717) is 0 Å². The van der Waals surface area contributed by atoms with Crippen molar-refractivity contribution in [1.82, 2.24) is 0 Å². The van der Waals surface area contributed by atoms with Gasteiger partial charge in [-0.05, 0) is 63.2 Å². The second-order valence-corrected chi connectivity index (χ2v) is 6.32. The molecule has 0 radical (unpaired) electrons. The Morgan fingerprint density at radius 3 is 2.12 bits per heavy atom. The van der Waals surface area contributed by atoms with E-state index in [9.17, 15) is 0 Å². The zero-order valence-electron chi connectivity index (χ0n) is 14.9. The van der Waals surface area contributed by atoms with Gasteiger partial charge in [0.15, 0.2) is 0 Å². The van der Waals surface area contributed by atoms with Gasteiger partial charge in [-0.25, -0.2) is 0 Å². The highest BCUT2D eigenvalue weighted by Crippen LogP contribution is 2.25. The average molecular weight is 335 g/mol. The van der Waals surface area contributed by atoms with Gasteiger partial charge in [-0.15, -0.1) is 0 Å². The number of anilines is 2. The number of fused-ring (bicyclic) bond motifs is 3. The molecule has 0 aliphatic heterocycles. The lowest BCUT2D eigenvalue weighted by Crippen LogP contribution is -2.26. The van der Waals surface area contributed by atoms with Crippen LogP contribution in [-0.2, 0) is 0 Å². The summed E-state index contributed by atoms with van der Waals surface area (Å²) in [5.41, 5.74) is 2.18. The summed E-state index contributed by atoms with van der Waals surface area (Å²) in [6.45, 7) is 6.01. The number of benzene rings is 4. The van der Waals surface area contributed by atoms with Crippen molar-refractivity contribution in [3.05, 3.63) is 95.9 Å². The van der Waals surface area contributed by atoms with Gasteiger partial charge < -0.3 is 5.32 Å². The minimum Gasteiger partial charge on any atom is -0.356 e. The Balaban J connectivity index is 2.05. The largest absolute Gasteiger partial charge is 0.356 e. The number of rotatable bonds is 3. The highest BCUT2D eigenvalue weighted by atomic mass is 14.9. The summed E-state index contributed by atoms with van der Waals surface area (Å²) in [5.74, 6) is 0. The Morgan fingerprint density at radius 2 is 1.38 bits per heavy atom. The number of nitrogens with one attached hydrogen (secondary N) is 1. The Labute approximate surface area is 153 Å². The van der Waals surface area contributed by atoms with Crippen molar-refractivity contribution in [3.8, 4) is 0 Å². The summed E-state index contributed by atoms with van der Waals surface area (Å²) in [5, 5.41) is 11.0. The lowest BCUT2D eigenvalue weighted by molar-refractivity contribution is 1.55. The first-order chi connectivity index (χ1) is 12.8. The standard InChI is InChI=1S/C25H21N/c1-3-10-21-20(4-2)25-17-19(26-18-11-6-5-7-12-18)15-16-24(25)23-14-9-8-13-22(21)23/h3-17,26H,1H2,2H3/b20-4+,21-10+. The van der Waals surface area contributed by atoms with Crippen LogP contribution in [0.15, 0.2) is 85.5 Å². The normalized spacial score (nSPS) is 12.7. The molecule has 0 amide bonds. The molecule has 1 N–H and O–H groups in total. The number of hydrogen-bond donors (Lipinski definition) is 1. The molecular formula is C25H21N. The van der Waals surface area contributed by atoms with Crippen LogP contribution in [-0.4, -0.2) is 0 Å². The molecule has 1 heteroatoms. The van der Waals surface area contributed by atoms with E-state index in [1.54, 1.807) is 0 Å². The zero-order valence-corrected chi connectivity index (χ0v) is 14.9. The fraction of sp³-hybridized carbons (Fsp3) is 0.0400. The second-order valence-electron chi connectivity index (χ2n) is 6.32. The van der Waals surface area contributed by atoms with Crippen molar-refractivity contribution < 1.29 is 0 Å². The van der Waals surface area contributed by atoms with Crippen LogP contribution in [0.5, 0.6) is 0 Å². The molecule has 4 rings (SSSR count). The molecule has 0 bridgehead atoms. The van der Waals surface area contributed by atoms with Crippen molar-refractivity contribution in [3.63, 3.8) is 0 Å². The van der Waals surface area contributed by atoms with E-state index < -0.39 is 0 Å². The summed E-state index contributed by atoms with van der Waals surface area (Å²) < 4.78 is 0. The van der Waals surface area contributed by atoms with Crippen molar-refractivity contribution in [1.29, 1.82) is 0 Å². The van der Waals surface area contributed by atoms with E-state index in [2.05, 4.69) is 85.6 Å². The zero-order chi connectivity index (χ0) is 17.9. The maximum Gasteiger partial charge on any atom is 0.0390 e. The third-order valence-electron chi connectivity index (χ3n) is 4.74. The molecule has 0 aliphatic rings. The fourth-order valence-electron chi connectivity index (χ4n) is 3.62. The maximum atomic E-state index is 3.91.